The molecule has 7 nitrogen and oxygen atoms in total. The Morgan fingerprint density at radius 3 is 2.36 bits per heavy atom. The first kappa shape index (κ1) is 19.4. The van der Waals surface area contributed by atoms with Gasteiger partial charge in [0.05, 0.1) is 10.8 Å². The molecule has 1 saturated heterocycles. The maximum atomic E-state index is 13.0. The van der Waals surface area contributed by atoms with E-state index in [9.17, 15) is 18.0 Å². The summed E-state index contributed by atoms with van der Waals surface area (Å²) in [5.74, 6) is -0.604. The van der Waals surface area contributed by atoms with Gasteiger partial charge in [0.25, 0.3) is 5.91 Å². The van der Waals surface area contributed by atoms with E-state index in [4.69, 9.17) is 4.74 Å². The molecule has 152 valence electrons. The average Bonchev–Trinajstić information content (AvgIpc) is 3.57. The molecule has 2 aliphatic carbocycles. The highest BCUT2D eigenvalue weighted by Crippen LogP contribution is 2.30. The summed E-state index contributed by atoms with van der Waals surface area (Å²) in [6.07, 6.45) is 5.88. The maximum absolute atomic E-state index is 13.0. The van der Waals surface area contributed by atoms with Crippen LogP contribution in [0.1, 0.15) is 36.8 Å². The third-order valence-electron chi connectivity index (χ3n) is 5.80. The quantitative estimate of drug-likeness (QED) is 0.690. The number of hydrogen-bond donors (Lipinski definition) is 0. The molecule has 0 unspecified atom stereocenters. The molecule has 0 spiro atoms. The number of nitrogens with zero attached hydrogens (tertiary/aromatic N) is 2. The third kappa shape index (κ3) is 4.07. The van der Waals surface area contributed by atoms with E-state index in [-0.39, 0.29) is 37.5 Å². The molecule has 28 heavy (non-hydrogen) atoms. The zero-order valence-electron chi connectivity index (χ0n) is 15.9. The summed E-state index contributed by atoms with van der Waals surface area (Å²) in [4.78, 5) is 25.7. The molecule has 1 heterocycles. The zero-order chi connectivity index (χ0) is 19.7. The van der Waals surface area contributed by atoms with Gasteiger partial charge in [-0.1, -0.05) is 6.07 Å². The van der Waals surface area contributed by atoms with Crippen LogP contribution in [-0.2, 0) is 37.2 Å². The highest BCUT2D eigenvalue weighted by Gasteiger charge is 2.33. The van der Waals surface area contributed by atoms with Crippen LogP contribution in [0.2, 0.25) is 0 Å². The van der Waals surface area contributed by atoms with E-state index in [1.807, 2.05) is 12.1 Å². The van der Waals surface area contributed by atoms with Crippen molar-refractivity contribution in [3.05, 3.63) is 29.3 Å². The van der Waals surface area contributed by atoms with Gasteiger partial charge in [-0.2, -0.15) is 4.31 Å². The lowest BCUT2D eigenvalue weighted by atomic mass is 9.92. The van der Waals surface area contributed by atoms with Crippen LogP contribution in [0, 0.1) is 5.92 Å². The lowest BCUT2D eigenvalue weighted by Gasteiger charge is -2.34. The summed E-state index contributed by atoms with van der Waals surface area (Å²) < 4.78 is 32.5. The number of benzene rings is 1. The number of piperazine rings is 1. The molecule has 3 aliphatic rings. The Hall–Kier alpha value is -1.93. The normalized spacial score (nSPS) is 20.5. The Morgan fingerprint density at radius 2 is 1.68 bits per heavy atom. The molecular formula is C20H26N2O5S. The summed E-state index contributed by atoms with van der Waals surface area (Å²) in [7, 11) is -3.56. The van der Waals surface area contributed by atoms with Crippen molar-refractivity contribution < 1.29 is 22.7 Å². The van der Waals surface area contributed by atoms with Crippen LogP contribution >= 0.6 is 0 Å². The maximum Gasteiger partial charge on any atom is 0.309 e. The first-order valence-corrected chi connectivity index (χ1v) is 11.5. The van der Waals surface area contributed by atoms with Crippen LogP contribution < -0.4 is 0 Å². The van der Waals surface area contributed by atoms with Crippen LogP contribution in [0.25, 0.3) is 0 Å². The molecule has 0 bridgehead atoms. The smallest absolute Gasteiger partial charge is 0.309 e. The summed E-state index contributed by atoms with van der Waals surface area (Å²) >= 11 is 0. The third-order valence-corrected chi connectivity index (χ3v) is 7.69. The minimum Gasteiger partial charge on any atom is -0.455 e. The Bertz CT molecular complexity index is 871. The minimum absolute atomic E-state index is 0.0357. The number of rotatable bonds is 5. The predicted octanol–water partition coefficient (Wildman–Crippen LogP) is 1.35. The van der Waals surface area contributed by atoms with Crippen molar-refractivity contribution in [1.29, 1.82) is 0 Å². The largest absolute Gasteiger partial charge is 0.455 e. The molecule has 2 fully saturated rings. The van der Waals surface area contributed by atoms with Crippen molar-refractivity contribution in [2.45, 2.75) is 43.4 Å². The van der Waals surface area contributed by atoms with Crippen LogP contribution in [-0.4, -0.2) is 62.3 Å². The molecule has 1 saturated carbocycles. The average molecular weight is 407 g/mol. The number of aryl methyl sites for hydroxylation is 2. The molecule has 8 heteroatoms. The highest BCUT2D eigenvalue weighted by atomic mass is 32.2. The standard InChI is InChI=1S/C20H26N2O5S/c23-19(14-27-20(24)16-5-6-16)21-9-11-22(12-10-21)28(25,26)18-8-7-15-3-1-2-4-17(15)13-18/h7-8,13,16H,1-6,9-12,14H2. The molecule has 1 aliphatic heterocycles. The Kier molecular flexibility index (Phi) is 5.42. The molecule has 1 aromatic carbocycles. The van der Waals surface area contributed by atoms with E-state index in [1.165, 1.54) is 9.87 Å². The summed E-state index contributed by atoms with van der Waals surface area (Å²) in [5.41, 5.74) is 2.39. The van der Waals surface area contributed by atoms with Crippen molar-refractivity contribution >= 4 is 21.9 Å². The van der Waals surface area contributed by atoms with Gasteiger partial charge in [0.1, 0.15) is 0 Å². The monoisotopic (exact) mass is 406 g/mol. The molecule has 0 N–H and O–H groups in total. The van der Waals surface area contributed by atoms with Crippen molar-refractivity contribution in [2.24, 2.45) is 5.92 Å². The second kappa shape index (κ2) is 7.83. The molecule has 0 atom stereocenters. The molecule has 1 amide bonds. The van der Waals surface area contributed by atoms with Crippen LogP contribution in [0.15, 0.2) is 23.1 Å². The zero-order valence-corrected chi connectivity index (χ0v) is 16.7. The fourth-order valence-corrected chi connectivity index (χ4v) is 5.33. The molecule has 4 rings (SSSR count). The van der Waals surface area contributed by atoms with Gasteiger partial charge in [0.2, 0.25) is 10.0 Å². The van der Waals surface area contributed by atoms with E-state index >= 15 is 0 Å². The molecule has 0 radical (unpaired) electrons. The molecule has 1 aromatic rings. The SMILES string of the molecule is O=C(OCC(=O)N1CCN(S(=O)(=O)c2ccc3c(c2)CCCC3)CC1)C1CC1. The van der Waals surface area contributed by atoms with E-state index in [0.29, 0.717) is 18.0 Å². The van der Waals surface area contributed by atoms with Gasteiger partial charge in [0, 0.05) is 26.2 Å². The lowest BCUT2D eigenvalue weighted by Crippen LogP contribution is -2.51. The molecule has 0 aromatic heterocycles. The Labute approximate surface area is 165 Å². The van der Waals surface area contributed by atoms with Gasteiger partial charge in [-0.3, -0.25) is 9.59 Å². The van der Waals surface area contributed by atoms with Crippen LogP contribution in [0.4, 0.5) is 0 Å². The van der Waals surface area contributed by atoms with E-state index < -0.39 is 10.0 Å². The summed E-state index contributed by atoms with van der Waals surface area (Å²) in [6, 6.07) is 5.46. The number of sulfonamides is 1. The van der Waals surface area contributed by atoms with E-state index in [0.717, 1.165) is 44.1 Å². The minimum atomic E-state index is -3.56. The first-order chi connectivity index (χ1) is 13.4. The second-order valence-electron chi connectivity index (χ2n) is 7.80. The number of carbonyl (C=O) groups excluding carboxylic acids is 2. The predicted molar refractivity (Wildman–Crippen MR) is 102 cm³/mol. The van der Waals surface area contributed by atoms with Gasteiger partial charge in [-0.05, 0) is 61.8 Å². The van der Waals surface area contributed by atoms with Gasteiger partial charge >= 0.3 is 5.97 Å². The van der Waals surface area contributed by atoms with E-state index in [1.54, 1.807) is 11.0 Å². The fraction of sp³-hybridized carbons (Fsp3) is 0.600. The molecular weight excluding hydrogens is 380 g/mol. The van der Waals surface area contributed by atoms with Crippen LogP contribution in [0.5, 0.6) is 0 Å². The summed E-state index contributed by atoms with van der Waals surface area (Å²) in [5, 5.41) is 0. The number of esters is 1. The Morgan fingerprint density at radius 1 is 1.00 bits per heavy atom. The second-order valence-corrected chi connectivity index (χ2v) is 9.74. The number of carbonyl (C=O) groups is 2. The van der Waals surface area contributed by atoms with Gasteiger partial charge < -0.3 is 9.64 Å². The van der Waals surface area contributed by atoms with Gasteiger partial charge in [-0.25, -0.2) is 8.42 Å². The highest BCUT2D eigenvalue weighted by molar-refractivity contribution is 7.89. The van der Waals surface area contributed by atoms with Crippen LogP contribution in [0.3, 0.4) is 0 Å². The topological polar surface area (TPSA) is 84.0 Å². The fourth-order valence-electron chi connectivity index (χ4n) is 3.86. The van der Waals surface area contributed by atoms with Crippen molar-refractivity contribution in [2.75, 3.05) is 32.8 Å². The van der Waals surface area contributed by atoms with E-state index in [2.05, 4.69) is 0 Å². The number of amides is 1. The van der Waals surface area contributed by atoms with Gasteiger partial charge in [0.15, 0.2) is 6.61 Å². The van der Waals surface area contributed by atoms with Crippen molar-refractivity contribution in [1.82, 2.24) is 9.21 Å². The van der Waals surface area contributed by atoms with Crippen molar-refractivity contribution in [3.8, 4) is 0 Å². The van der Waals surface area contributed by atoms with Gasteiger partial charge in [-0.15, -0.1) is 0 Å². The lowest BCUT2D eigenvalue weighted by molar-refractivity contribution is -0.153. The summed E-state index contributed by atoms with van der Waals surface area (Å²) in [6.45, 7) is 0.865. The Balaban J connectivity index is 1.34. The number of ether oxygens (including phenoxy) is 1. The number of hydrogen-bond acceptors (Lipinski definition) is 5. The first-order valence-electron chi connectivity index (χ1n) is 10.0. The van der Waals surface area contributed by atoms with Crippen molar-refractivity contribution in [3.63, 3.8) is 0 Å². The number of fused-ring (bicyclic) bond motifs is 1.